The molecule has 0 aromatic heterocycles. The second-order valence-corrected chi connectivity index (χ2v) is 5.19. The molecule has 1 atom stereocenters. The van der Waals surface area contributed by atoms with Crippen LogP contribution in [0.1, 0.15) is 50.1 Å². The van der Waals surface area contributed by atoms with Gasteiger partial charge < -0.3 is 4.74 Å². The second-order valence-electron chi connectivity index (χ2n) is 5.19. The van der Waals surface area contributed by atoms with Crippen LogP contribution < -0.4 is 16.0 Å². The molecule has 0 spiro atoms. The van der Waals surface area contributed by atoms with Crippen LogP contribution >= 0.6 is 0 Å². The number of nitrogens with one attached hydrogen (secondary N) is 1. The molecular weight excluding hydrogens is 224 g/mol. The molecule has 3 heteroatoms. The quantitative estimate of drug-likeness (QED) is 0.600. The van der Waals surface area contributed by atoms with E-state index in [-0.39, 0.29) is 6.04 Å². The number of ether oxygens (including phenoxy) is 1. The third-order valence-corrected chi connectivity index (χ3v) is 4.05. The molecule has 1 aliphatic carbocycles. The summed E-state index contributed by atoms with van der Waals surface area (Å²) in [5.41, 5.74) is 4.10. The summed E-state index contributed by atoms with van der Waals surface area (Å²) < 4.78 is 5.40. The zero-order valence-electron chi connectivity index (χ0n) is 11.2. The van der Waals surface area contributed by atoms with Gasteiger partial charge in [-0.2, -0.15) is 0 Å². The number of rotatable bonds is 6. The molecule has 1 aromatic carbocycles. The van der Waals surface area contributed by atoms with Crippen molar-refractivity contribution in [3.05, 3.63) is 29.8 Å². The summed E-state index contributed by atoms with van der Waals surface area (Å²) in [6, 6.07) is 8.32. The van der Waals surface area contributed by atoms with Crippen LogP contribution in [0.2, 0.25) is 0 Å². The molecule has 3 nitrogen and oxygen atoms in total. The molecule has 100 valence electrons. The average Bonchev–Trinajstić information content (AvgIpc) is 2.93. The molecule has 0 saturated heterocycles. The molecule has 3 N–H and O–H groups in total. The Kier molecular flexibility index (Phi) is 5.02. The van der Waals surface area contributed by atoms with Crippen molar-refractivity contribution in [1.82, 2.24) is 5.43 Å². The summed E-state index contributed by atoms with van der Waals surface area (Å²) in [6.45, 7) is 0. The highest BCUT2D eigenvalue weighted by molar-refractivity contribution is 5.35. The van der Waals surface area contributed by atoms with Crippen LogP contribution in [0.25, 0.3) is 0 Å². The molecule has 1 unspecified atom stereocenters. The van der Waals surface area contributed by atoms with Crippen LogP contribution in [-0.4, -0.2) is 7.11 Å². The van der Waals surface area contributed by atoms with Crippen LogP contribution in [0.3, 0.4) is 0 Å². The Balaban J connectivity index is 1.98. The van der Waals surface area contributed by atoms with E-state index in [0.29, 0.717) is 0 Å². The first-order valence-electron chi connectivity index (χ1n) is 6.94. The summed E-state index contributed by atoms with van der Waals surface area (Å²) >= 11 is 0. The van der Waals surface area contributed by atoms with Gasteiger partial charge in [0.05, 0.1) is 7.11 Å². The average molecular weight is 248 g/mol. The SMILES string of the molecule is COc1ccccc1C(CCC1CCCC1)NN. The fraction of sp³-hybridized carbons (Fsp3) is 0.600. The van der Waals surface area contributed by atoms with E-state index in [1.807, 2.05) is 18.2 Å². The summed E-state index contributed by atoms with van der Waals surface area (Å²) in [6.07, 6.45) is 7.93. The highest BCUT2D eigenvalue weighted by Crippen LogP contribution is 2.33. The molecule has 1 aromatic rings. The molecule has 18 heavy (non-hydrogen) atoms. The van der Waals surface area contributed by atoms with Crippen LogP contribution in [0, 0.1) is 5.92 Å². The Morgan fingerprint density at radius 2 is 2.06 bits per heavy atom. The first-order valence-corrected chi connectivity index (χ1v) is 6.94. The van der Waals surface area contributed by atoms with Crippen molar-refractivity contribution in [3.63, 3.8) is 0 Å². The topological polar surface area (TPSA) is 47.3 Å². The molecule has 1 saturated carbocycles. The third-order valence-electron chi connectivity index (χ3n) is 4.05. The Morgan fingerprint density at radius 1 is 1.33 bits per heavy atom. The minimum atomic E-state index is 0.196. The van der Waals surface area contributed by atoms with Crippen molar-refractivity contribution in [2.75, 3.05) is 7.11 Å². The highest BCUT2D eigenvalue weighted by Gasteiger charge is 2.19. The van der Waals surface area contributed by atoms with Gasteiger partial charge in [0.1, 0.15) is 5.75 Å². The van der Waals surface area contributed by atoms with Crippen LogP contribution in [0.5, 0.6) is 5.75 Å². The maximum absolute atomic E-state index is 5.71. The van der Waals surface area contributed by atoms with Gasteiger partial charge >= 0.3 is 0 Å². The number of benzene rings is 1. The minimum Gasteiger partial charge on any atom is -0.496 e. The van der Waals surface area contributed by atoms with E-state index in [1.54, 1.807) is 7.11 Å². The molecule has 0 bridgehead atoms. The van der Waals surface area contributed by atoms with Gasteiger partial charge in [0.25, 0.3) is 0 Å². The zero-order valence-corrected chi connectivity index (χ0v) is 11.2. The van der Waals surface area contributed by atoms with Crippen molar-refractivity contribution in [2.24, 2.45) is 11.8 Å². The number of hydrogen-bond acceptors (Lipinski definition) is 3. The number of methoxy groups -OCH3 is 1. The van der Waals surface area contributed by atoms with Crippen LogP contribution in [0.15, 0.2) is 24.3 Å². The normalized spacial score (nSPS) is 17.9. The standard InChI is InChI=1S/C15H24N2O/c1-18-15-9-5-4-8-13(15)14(17-16)11-10-12-6-2-3-7-12/h4-5,8-9,12,14,17H,2-3,6-7,10-11,16H2,1H3. The molecule has 0 radical (unpaired) electrons. The lowest BCUT2D eigenvalue weighted by Gasteiger charge is -2.20. The van der Waals surface area contributed by atoms with E-state index in [4.69, 9.17) is 10.6 Å². The van der Waals surface area contributed by atoms with Gasteiger partial charge in [-0.3, -0.25) is 11.3 Å². The molecule has 2 rings (SSSR count). The first-order chi connectivity index (χ1) is 8.85. The monoisotopic (exact) mass is 248 g/mol. The van der Waals surface area contributed by atoms with E-state index < -0.39 is 0 Å². The minimum absolute atomic E-state index is 0.196. The fourth-order valence-electron chi connectivity index (χ4n) is 2.98. The molecule has 0 aliphatic heterocycles. The predicted molar refractivity (Wildman–Crippen MR) is 74.3 cm³/mol. The second kappa shape index (κ2) is 6.76. The van der Waals surface area contributed by atoms with E-state index in [0.717, 1.165) is 18.1 Å². The van der Waals surface area contributed by atoms with Crippen molar-refractivity contribution in [1.29, 1.82) is 0 Å². The van der Waals surface area contributed by atoms with E-state index in [9.17, 15) is 0 Å². The van der Waals surface area contributed by atoms with Gasteiger partial charge in [-0.15, -0.1) is 0 Å². The smallest absolute Gasteiger partial charge is 0.123 e. The van der Waals surface area contributed by atoms with Crippen molar-refractivity contribution >= 4 is 0 Å². The van der Waals surface area contributed by atoms with Crippen molar-refractivity contribution < 1.29 is 4.74 Å². The summed E-state index contributed by atoms with van der Waals surface area (Å²) in [4.78, 5) is 0. The molecule has 1 fully saturated rings. The van der Waals surface area contributed by atoms with Crippen LogP contribution in [-0.2, 0) is 0 Å². The lowest BCUT2D eigenvalue weighted by atomic mass is 9.95. The molecule has 0 amide bonds. The fourth-order valence-corrected chi connectivity index (χ4v) is 2.98. The lowest BCUT2D eigenvalue weighted by Crippen LogP contribution is -2.28. The van der Waals surface area contributed by atoms with Gasteiger partial charge in [0, 0.05) is 11.6 Å². The van der Waals surface area contributed by atoms with Gasteiger partial charge in [0.2, 0.25) is 0 Å². The maximum atomic E-state index is 5.71. The predicted octanol–water partition coefficient (Wildman–Crippen LogP) is 3.17. The van der Waals surface area contributed by atoms with Gasteiger partial charge in [-0.1, -0.05) is 43.9 Å². The van der Waals surface area contributed by atoms with Gasteiger partial charge in [0.15, 0.2) is 0 Å². The van der Waals surface area contributed by atoms with E-state index in [2.05, 4.69) is 11.5 Å². The molecular formula is C15H24N2O. The van der Waals surface area contributed by atoms with E-state index in [1.165, 1.54) is 37.7 Å². The number of nitrogens with two attached hydrogens (primary N) is 1. The lowest BCUT2D eigenvalue weighted by molar-refractivity contribution is 0.380. The van der Waals surface area contributed by atoms with Crippen LogP contribution in [0.4, 0.5) is 0 Å². The number of hydrogen-bond donors (Lipinski definition) is 2. The number of para-hydroxylation sites is 1. The Bertz CT molecular complexity index is 361. The summed E-state index contributed by atoms with van der Waals surface area (Å²) in [5.74, 6) is 7.53. The summed E-state index contributed by atoms with van der Waals surface area (Å²) in [5, 5.41) is 0. The molecule has 0 heterocycles. The Morgan fingerprint density at radius 3 is 2.72 bits per heavy atom. The van der Waals surface area contributed by atoms with E-state index >= 15 is 0 Å². The highest BCUT2D eigenvalue weighted by atomic mass is 16.5. The van der Waals surface area contributed by atoms with Crippen molar-refractivity contribution in [3.8, 4) is 5.75 Å². The largest absolute Gasteiger partial charge is 0.496 e. The summed E-state index contributed by atoms with van der Waals surface area (Å²) in [7, 11) is 1.71. The Hall–Kier alpha value is -1.06. The van der Waals surface area contributed by atoms with Crippen molar-refractivity contribution in [2.45, 2.75) is 44.6 Å². The Labute approximate surface area is 110 Å². The number of hydrazine groups is 1. The third kappa shape index (κ3) is 3.24. The maximum Gasteiger partial charge on any atom is 0.123 e. The molecule has 1 aliphatic rings. The first kappa shape index (κ1) is 13.4. The van der Waals surface area contributed by atoms with Gasteiger partial charge in [-0.05, 0) is 24.8 Å². The zero-order chi connectivity index (χ0) is 12.8. The van der Waals surface area contributed by atoms with Gasteiger partial charge in [-0.25, -0.2) is 0 Å².